The molecule has 0 fully saturated rings. The number of oxime groups is 1. The summed E-state index contributed by atoms with van der Waals surface area (Å²) in [6.07, 6.45) is 7.21. The van der Waals surface area contributed by atoms with Crippen molar-refractivity contribution >= 4 is 34.7 Å². The molecule has 0 spiro atoms. The number of hydrogen-bond donors (Lipinski definition) is 0. The first-order valence-electron chi connectivity index (χ1n) is 4.19. The maximum atomic E-state index is 10.9. The van der Waals surface area contributed by atoms with Crippen molar-refractivity contribution < 1.29 is 9.63 Å². The van der Waals surface area contributed by atoms with Crippen LogP contribution in [-0.2, 0) is 9.63 Å². The van der Waals surface area contributed by atoms with Crippen LogP contribution in [0.2, 0.25) is 0 Å². The van der Waals surface area contributed by atoms with Crippen molar-refractivity contribution in [2.24, 2.45) is 5.16 Å². The Kier molecular flexibility index (Phi) is 4.59. The van der Waals surface area contributed by atoms with E-state index in [2.05, 4.69) is 5.16 Å². The summed E-state index contributed by atoms with van der Waals surface area (Å²) in [5.74, 6) is -0.0522. The topological polar surface area (TPSA) is 38.7 Å². The van der Waals surface area contributed by atoms with E-state index >= 15 is 0 Å². The zero-order chi connectivity index (χ0) is 11.3. The molecule has 15 heavy (non-hydrogen) atoms. The minimum absolute atomic E-state index is 0.0522. The van der Waals surface area contributed by atoms with E-state index in [1.54, 1.807) is 13.0 Å². The number of carbonyl (C=O) groups is 1. The number of rotatable bonds is 3. The van der Waals surface area contributed by atoms with Crippen LogP contribution in [0.25, 0.3) is 0 Å². The van der Waals surface area contributed by atoms with Crippen molar-refractivity contribution in [3.05, 3.63) is 36.1 Å². The number of halogens is 2. The third-order valence-electron chi connectivity index (χ3n) is 1.60. The van der Waals surface area contributed by atoms with Crippen molar-refractivity contribution in [1.29, 1.82) is 0 Å². The standard InChI is InChI=1S/C10H9Cl2NO2/c1-7-6-8(14)2-3-9(7)13-15-5-4-10(11)12/h2-6,10H,1H3. The van der Waals surface area contributed by atoms with E-state index in [1.807, 2.05) is 0 Å². The van der Waals surface area contributed by atoms with E-state index in [4.69, 9.17) is 28.0 Å². The Balaban J connectivity index is 2.58. The normalized spacial score (nSPS) is 19.1. The minimum atomic E-state index is -0.620. The summed E-state index contributed by atoms with van der Waals surface area (Å²) in [5, 5.41) is 3.78. The molecular formula is C10H9Cl2NO2. The molecular weight excluding hydrogens is 237 g/mol. The minimum Gasteiger partial charge on any atom is -0.364 e. The van der Waals surface area contributed by atoms with Gasteiger partial charge in [0.1, 0.15) is 16.8 Å². The van der Waals surface area contributed by atoms with E-state index in [-0.39, 0.29) is 5.78 Å². The SMILES string of the molecule is CC1=CC(=O)C=CC1=NOC=CC(Cl)Cl. The quantitative estimate of drug-likeness (QED) is 0.332. The Morgan fingerprint density at radius 1 is 1.47 bits per heavy atom. The van der Waals surface area contributed by atoms with E-state index in [0.717, 1.165) is 5.57 Å². The maximum Gasteiger partial charge on any atom is 0.179 e. The van der Waals surface area contributed by atoms with Crippen molar-refractivity contribution in [1.82, 2.24) is 0 Å². The largest absolute Gasteiger partial charge is 0.364 e. The number of allylic oxidation sites excluding steroid dienone is 5. The molecule has 0 heterocycles. The summed E-state index contributed by atoms with van der Waals surface area (Å²) >= 11 is 10.9. The van der Waals surface area contributed by atoms with Gasteiger partial charge in [0, 0.05) is 0 Å². The van der Waals surface area contributed by atoms with Crippen LogP contribution in [0, 0.1) is 0 Å². The van der Waals surface area contributed by atoms with E-state index in [1.165, 1.54) is 24.5 Å². The van der Waals surface area contributed by atoms with Crippen molar-refractivity contribution in [3.63, 3.8) is 0 Å². The van der Waals surface area contributed by atoms with Crippen LogP contribution in [0.1, 0.15) is 6.92 Å². The molecule has 1 aliphatic carbocycles. The van der Waals surface area contributed by atoms with Crippen molar-refractivity contribution in [2.75, 3.05) is 0 Å². The smallest absolute Gasteiger partial charge is 0.179 e. The van der Waals surface area contributed by atoms with Crippen LogP contribution in [0.15, 0.2) is 41.3 Å². The van der Waals surface area contributed by atoms with Crippen molar-refractivity contribution in [2.45, 2.75) is 11.8 Å². The molecule has 0 unspecified atom stereocenters. The van der Waals surface area contributed by atoms with Crippen LogP contribution >= 0.6 is 23.2 Å². The first-order chi connectivity index (χ1) is 7.09. The summed E-state index contributed by atoms with van der Waals surface area (Å²) in [4.78, 5) is 15.1. The first-order valence-corrected chi connectivity index (χ1v) is 5.06. The van der Waals surface area contributed by atoms with Gasteiger partial charge in [-0.2, -0.15) is 0 Å². The molecule has 1 rings (SSSR count). The van der Waals surface area contributed by atoms with Gasteiger partial charge in [0.25, 0.3) is 0 Å². The zero-order valence-corrected chi connectivity index (χ0v) is 9.50. The van der Waals surface area contributed by atoms with Crippen molar-refractivity contribution in [3.8, 4) is 0 Å². The second-order valence-electron chi connectivity index (χ2n) is 2.81. The highest BCUT2D eigenvalue weighted by atomic mass is 35.5. The Labute approximate surface area is 97.7 Å². The lowest BCUT2D eigenvalue weighted by atomic mass is 10.1. The fourth-order valence-corrected chi connectivity index (χ4v) is 1.03. The lowest BCUT2D eigenvalue weighted by molar-refractivity contribution is -0.110. The highest BCUT2D eigenvalue weighted by Crippen LogP contribution is 2.07. The van der Waals surface area contributed by atoms with Crippen LogP contribution in [0.5, 0.6) is 0 Å². The fourth-order valence-electron chi connectivity index (χ4n) is 0.912. The Hall–Kier alpha value is -1.06. The lowest BCUT2D eigenvalue weighted by Crippen LogP contribution is -2.05. The summed E-state index contributed by atoms with van der Waals surface area (Å²) in [6, 6.07) is 0. The van der Waals surface area contributed by atoms with E-state index in [0.29, 0.717) is 5.71 Å². The van der Waals surface area contributed by atoms with Crippen LogP contribution < -0.4 is 0 Å². The van der Waals surface area contributed by atoms with Gasteiger partial charge in [-0.05, 0) is 36.8 Å². The number of nitrogens with zero attached hydrogens (tertiary/aromatic N) is 1. The lowest BCUT2D eigenvalue weighted by Gasteiger charge is -2.03. The monoisotopic (exact) mass is 245 g/mol. The van der Waals surface area contributed by atoms with Gasteiger partial charge in [-0.3, -0.25) is 4.79 Å². The predicted octanol–water partition coefficient (Wildman–Crippen LogP) is 2.76. The Morgan fingerprint density at radius 3 is 2.80 bits per heavy atom. The molecule has 80 valence electrons. The highest BCUT2D eigenvalue weighted by Gasteiger charge is 2.06. The first kappa shape index (κ1) is 12.0. The summed E-state index contributed by atoms with van der Waals surface area (Å²) in [5.41, 5.74) is 1.35. The van der Waals surface area contributed by atoms with E-state index in [9.17, 15) is 4.79 Å². The molecule has 0 saturated carbocycles. The third kappa shape index (κ3) is 4.32. The predicted molar refractivity (Wildman–Crippen MR) is 61.1 cm³/mol. The van der Waals surface area contributed by atoms with Gasteiger partial charge < -0.3 is 4.84 Å². The number of carbonyl (C=O) groups excluding carboxylic acids is 1. The molecule has 0 aromatic rings. The number of alkyl halides is 2. The molecule has 0 N–H and O–H groups in total. The maximum absolute atomic E-state index is 10.9. The van der Waals surface area contributed by atoms with Gasteiger partial charge >= 0.3 is 0 Å². The van der Waals surface area contributed by atoms with Gasteiger partial charge in [-0.1, -0.05) is 5.16 Å². The van der Waals surface area contributed by atoms with Gasteiger partial charge in [0.05, 0.1) is 0 Å². The molecule has 0 aliphatic heterocycles. The molecule has 0 radical (unpaired) electrons. The molecule has 5 heteroatoms. The molecule has 0 bridgehead atoms. The average Bonchev–Trinajstić information content (AvgIpc) is 2.14. The van der Waals surface area contributed by atoms with Crippen LogP contribution in [-0.4, -0.2) is 16.3 Å². The molecule has 1 aliphatic rings. The number of hydrogen-bond acceptors (Lipinski definition) is 3. The molecule has 0 aromatic carbocycles. The molecule has 0 saturated heterocycles. The Morgan fingerprint density at radius 2 is 2.20 bits per heavy atom. The van der Waals surface area contributed by atoms with Gasteiger partial charge in [0.2, 0.25) is 0 Å². The van der Waals surface area contributed by atoms with Gasteiger partial charge in [0.15, 0.2) is 5.78 Å². The fraction of sp³-hybridized carbons (Fsp3) is 0.200. The molecule has 3 nitrogen and oxygen atoms in total. The summed E-state index contributed by atoms with van der Waals surface area (Å²) < 4.78 is 0. The van der Waals surface area contributed by atoms with Gasteiger partial charge in [-0.25, -0.2) is 0 Å². The molecule has 0 atom stereocenters. The van der Waals surface area contributed by atoms with Crippen LogP contribution in [0.3, 0.4) is 0 Å². The third-order valence-corrected chi connectivity index (χ3v) is 1.90. The highest BCUT2D eigenvalue weighted by molar-refractivity contribution is 6.45. The van der Waals surface area contributed by atoms with Crippen LogP contribution in [0.4, 0.5) is 0 Å². The average molecular weight is 246 g/mol. The Bertz CT molecular complexity index is 368. The van der Waals surface area contributed by atoms with Gasteiger partial charge in [-0.15, -0.1) is 23.2 Å². The zero-order valence-electron chi connectivity index (χ0n) is 7.98. The van der Waals surface area contributed by atoms with E-state index < -0.39 is 4.84 Å². The summed E-state index contributed by atoms with van der Waals surface area (Å²) in [7, 11) is 0. The second kappa shape index (κ2) is 5.73. The number of ketones is 1. The summed E-state index contributed by atoms with van der Waals surface area (Å²) in [6.45, 7) is 1.78. The second-order valence-corrected chi connectivity index (χ2v) is 3.97. The molecule has 0 aromatic heterocycles. The molecule has 0 amide bonds.